The van der Waals surface area contributed by atoms with Crippen LogP contribution in [0.2, 0.25) is 5.02 Å². The van der Waals surface area contributed by atoms with Crippen LogP contribution in [0.1, 0.15) is 13.3 Å². The highest BCUT2D eigenvalue weighted by Gasteiger charge is 2.18. The van der Waals surface area contributed by atoms with Crippen molar-refractivity contribution in [2.75, 3.05) is 23.9 Å². The Hall–Kier alpha value is -2.60. The fourth-order valence-corrected chi connectivity index (χ4v) is 2.48. The van der Waals surface area contributed by atoms with Gasteiger partial charge in [-0.1, -0.05) is 23.7 Å². The maximum atomic E-state index is 13.6. The third kappa shape index (κ3) is 4.93. The second kappa shape index (κ2) is 8.48. The molecule has 0 saturated heterocycles. The highest BCUT2D eigenvalue weighted by Crippen LogP contribution is 2.31. The predicted molar refractivity (Wildman–Crippen MR) is 95.7 cm³/mol. The van der Waals surface area contributed by atoms with Crippen LogP contribution in [0.3, 0.4) is 0 Å². The molecule has 25 heavy (non-hydrogen) atoms. The average Bonchev–Trinajstić information content (AvgIpc) is 2.57. The number of nitrogens with zero attached hydrogens (tertiary/aromatic N) is 1. The molecule has 0 bridgehead atoms. The molecule has 2 amide bonds. The molecule has 0 aliphatic heterocycles. The number of anilines is 2. The van der Waals surface area contributed by atoms with Crippen LogP contribution >= 0.6 is 11.6 Å². The first-order chi connectivity index (χ1) is 11.9. The van der Waals surface area contributed by atoms with E-state index in [0.29, 0.717) is 16.5 Å². The molecule has 0 unspecified atom stereocenters. The molecule has 0 atom stereocenters. The number of benzene rings is 2. The number of hydrogen-bond acceptors (Lipinski definition) is 3. The molecule has 0 spiro atoms. The highest BCUT2D eigenvalue weighted by atomic mass is 35.5. The lowest BCUT2D eigenvalue weighted by Crippen LogP contribution is -2.32. The van der Waals surface area contributed by atoms with Gasteiger partial charge in [0.25, 0.3) is 0 Å². The Balaban J connectivity index is 2.10. The second-order valence-corrected chi connectivity index (χ2v) is 5.70. The number of nitrogens with one attached hydrogen (secondary N) is 1. The number of amides is 2. The summed E-state index contributed by atoms with van der Waals surface area (Å²) in [6, 6.07) is 10.8. The van der Waals surface area contributed by atoms with Gasteiger partial charge < -0.3 is 15.0 Å². The minimum atomic E-state index is -0.518. The summed E-state index contributed by atoms with van der Waals surface area (Å²) in [7, 11) is 1.48. The van der Waals surface area contributed by atoms with E-state index in [2.05, 4.69) is 5.32 Å². The normalized spacial score (nSPS) is 10.2. The van der Waals surface area contributed by atoms with Gasteiger partial charge in [0.15, 0.2) is 0 Å². The van der Waals surface area contributed by atoms with E-state index in [1.54, 1.807) is 24.3 Å². The van der Waals surface area contributed by atoms with Crippen molar-refractivity contribution in [3.8, 4) is 5.75 Å². The standard InChI is InChI=1S/C18H18ClFN2O3/c1-12(23)22(16-11-13(19)7-8-17(16)25-2)10-9-18(24)21-15-6-4-3-5-14(15)20/h3-8,11H,9-10H2,1-2H3,(H,21,24). The summed E-state index contributed by atoms with van der Waals surface area (Å²) in [6.45, 7) is 1.49. The number of rotatable bonds is 6. The molecule has 2 aromatic rings. The zero-order chi connectivity index (χ0) is 18.4. The molecule has 7 heteroatoms. The Morgan fingerprint density at radius 3 is 2.60 bits per heavy atom. The monoisotopic (exact) mass is 364 g/mol. The zero-order valence-electron chi connectivity index (χ0n) is 13.9. The van der Waals surface area contributed by atoms with Crippen molar-refractivity contribution < 1.29 is 18.7 Å². The van der Waals surface area contributed by atoms with Gasteiger partial charge in [0.2, 0.25) is 11.8 Å². The van der Waals surface area contributed by atoms with Crippen molar-refractivity contribution in [3.63, 3.8) is 0 Å². The third-order valence-corrected chi connectivity index (χ3v) is 3.76. The summed E-state index contributed by atoms with van der Waals surface area (Å²) in [4.78, 5) is 25.5. The van der Waals surface area contributed by atoms with Crippen LogP contribution in [0.4, 0.5) is 15.8 Å². The predicted octanol–water partition coefficient (Wildman–Crippen LogP) is 3.87. The van der Waals surface area contributed by atoms with Gasteiger partial charge in [-0.3, -0.25) is 9.59 Å². The molecule has 0 fully saturated rings. The topological polar surface area (TPSA) is 58.6 Å². The van der Waals surface area contributed by atoms with Crippen molar-refractivity contribution >= 4 is 34.8 Å². The summed E-state index contributed by atoms with van der Waals surface area (Å²) in [5.74, 6) is -0.721. The Kier molecular flexibility index (Phi) is 6.36. The van der Waals surface area contributed by atoms with Gasteiger partial charge in [-0.05, 0) is 30.3 Å². The number of halogens is 2. The fourth-order valence-electron chi connectivity index (χ4n) is 2.31. The summed E-state index contributed by atoms with van der Waals surface area (Å²) >= 11 is 6.00. The number of methoxy groups -OCH3 is 1. The first-order valence-corrected chi connectivity index (χ1v) is 7.96. The van der Waals surface area contributed by atoms with Crippen molar-refractivity contribution in [1.82, 2.24) is 0 Å². The molecular formula is C18H18ClFN2O3. The van der Waals surface area contributed by atoms with Gasteiger partial charge in [-0.2, -0.15) is 0 Å². The average molecular weight is 365 g/mol. The van der Waals surface area contributed by atoms with E-state index >= 15 is 0 Å². The molecule has 0 aromatic heterocycles. The van der Waals surface area contributed by atoms with Crippen molar-refractivity contribution in [2.45, 2.75) is 13.3 Å². The lowest BCUT2D eigenvalue weighted by atomic mass is 10.2. The van der Waals surface area contributed by atoms with E-state index in [0.717, 1.165) is 0 Å². The molecule has 0 radical (unpaired) electrons. The summed E-state index contributed by atoms with van der Waals surface area (Å²) < 4.78 is 18.8. The maximum absolute atomic E-state index is 13.6. The minimum Gasteiger partial charge on any atom is -0.495 e. The van der Waals surface area contributed by atoms with Crippen molar-refractivity contribution in [3.05, 3.63) is 53.3 Å². The van der Waals surface area contributed by atoms with Crippen LogP contribution in [-0.4, -0.2) is 25.5 Å². The van der Waals surface area contributed by atoms with Gasteiger partial charge in [0.05, 0.1) is 18.5 Å². The number of para-hydroxylation sites is 1. The zero-order valence-corrected chi connectivity index (χ0v) is 14.6. The SMILES string of the molecule is COc1ccc(Cl)cc1N(CCC(=O)Nc1ccccc1F)C(C)=O. The molecule has 1 N–H and O–H groups in total. The van der Waals surface area contributed by atoms with Gasteiger partial charge in [-0.25, -0.2) is 4.39 Å². The van der Waals surface area contributed by atoms with Gasteiger partial charge in [0.1, 0.15) is 11.6 Å². The first-order valence-electron chi connectivity index (χ1n) is 7.58. The summed E-state index contributed by atoms with van der Waals surface area (Å²) in [5, 5.41) is 2.93. The molecular weight excluding hydrogens is 347 g/mol. The number of carbonyl (C=O) groups is 2. The molecule has 0 saturated carbocycles. The molecule has 0 aliphatic rings. The van der Waals surface area contributed by atoms with Gasteiger partial charge >= 0.3 is 0 Å². The quantitative estimate of drug-likeness (QED) is 0.846. The molecule has 0 aliphatic carbocycles. The summed E-state index contributed by atoms with van der Waals surface area (Å²) in [5.41, 5.74) is 0.573. The van der Waals surface area contributed by atoms with E-state index in [9.17, 15) is 14.0 Å². The van der Waals surface area contributed by atoms with Crippen molar-refractivity contribution in [1.29, 1.82) is 0 Å². The van der Waals surface area contributed by atoms with Crippen LogP contribution in [0.25, 0.3) is 0 Å². The number of hydrogen-bond donors (Lipinski definition) is 1. The lowest BCUT2D eigenvalue weighted by Gasteiger charge is -2.23. The fraction of sp³-hybridized carbons (Fsp3) is 0.222. The lowest BCUT2D eigenvalue weighted by molar-refractivity contribution is -0.117. The largest absolute Gasteiger partial charge is 0.495 e. The number of carbonyl (C=O) groups excluding carboxylic acids is 2. The van der Waals surface area contributed by atoms with Gasteiger partial charge in [-0.15, -0.1) is 0 Å². The van der Waals surface area contributed by atoms with Crippen LogP contribution in [0.15, 0.2) is 42.5 Å². The van der Waals surface area contributed by atoms with E-state index in [1.807, 2.05) is 0 Å². The summed E-state index contributed by atoms with van der Waals surface area (Å²) in [6.07, 6.45) is -0.0103. The van der Waals surface area contributed by atoms with Crippen LogP contribution in [0.5, 0.6) is 5.75 Å². The molecule has 2 aromatic carbocycles. The smallest absolute Gasteiger partial charge is 0.226 e. The van der Waals surface area contributed by atoms with E-state index in [1.165, 1.54) is 37.1 Å². The van der Waals surface area contributed by atoms with Crippen molar-refractivity contribution in [2.24, 2.45) is 0 Å². The van der Waals surface area contributed by atoms with Gasteiger partial charge in [0, 0.05) is 24.9 Å². The first kappa shape index (κ1) is 18.7. The molecule has 5 nitrogen and oxygen atoms in total. The van der Waals surface area contributed by atoms with Crippen LogP contribution < -0.4 is 15.0 Å². The number of ether oxygens (including phenoxy) is 1. The van der Waals surface area contributed by atoms with E-state index in [-0.39, 0.29) is 24.6 Å². The molecule has 132 valence electrons. The molecule has 0 heterocycles. The highest BCUT2D eigenvalue weighted by molar-refractivity contribution is 6.31. The van der Waals surface area contributed by atoms with Crippen LogP contribution in [0, 0.1) is 5.82 Å². The van der Waals surface area contributed by atoms with E-state index < -0.39 is 11.7 Å². The second-order valence-electron chi connectivity index (χ2n) is 5.26. The van der Waals surface area contributed by atoms with E-state index in [4.69, 9.17) is 16.3 Å². The Labute approximate surface area is 150 Å². The minimum absolute atomic E-state index is 0.0103. The Morgan fingerprint density at radius 1 is 1.24 bits per heavy atom. The van der Waals surface area contributed by atoms with Crippen LogP contribution in [-0.2, 0) is 9.59 Å². The third-order valence-electron chi connectivity index (χ3n) is 3.52. The molecule has 2 rings (SSSR count). The maximum Gasteiger partial charge on any atom is 0.226 e. The Bertz CT molecular complexity index is 783. The Morgan fingerprint density at radius 2 is 1.96 bits per heavy atom.